The van der Waals surface area contributed by atoms with Crippen LogP contribution in [0.3, 0.4) is 0 Å². The van der Waals surface area contributed by atoms with Crippen LogP contribution in [0.4, 0.5) is 10.5 Å². The lowest BCUT2D eigenvalue weighted by molar-refractivity contribution is 0.147. The summed E-state index contributed by atoms with van der Waals surface area (Å²) in [6.45, 7) is 8.77. The molecule has 0 bridgehead atoms. The van der Waals surface area contributed by atoms with Crippen LogP contribution in [0.2, 0.25) is 0 Å². The molecule has 1 aliphatic heterocycles. The molecule has 1 atom stereocenters. The van der Waals surface area contributed by atoms with E-state index in [1.807, 2.05) is 36.1 Å². The summed E-state index contributed by atoms with van der Waals surface area (Å²) in [6, 6.07) is 7.73. The zero-order chi connectivity index (χ0) is 15.2. The molecule has 1 aromatic rings. The van der Waals surface area contributed by atoms with E-state index < -0.39 is 0 Å². The third-order valence-electron chi connectivity index (χ3n) is 3.89. The maximum absolute atomic E-state index is 12.2. The molecule has 5 heteroatoms. The molecule has 2 amide bonds. The van der Waals surface area contributed by atoms with Gasteiger partial charge in [0.1, 0.15) is 0 Å². The molecule has 1 fully saturated rings. The molecular weight excluding hydrogens is 264 g/mol. The first-order valence-electron chi connectivity index (χ1n) is 7.74. The summed E-state index contributed by atoms with van der Waals surface area (Å²) < 4.78 is 0. The van der Waals surface area contributed by atoms with Crippen LogP contribution >= 0.6 is 0 Å². The van der Waals surface area contributed by atoms with Crippen LogP contribution < -0.4 is 11.1 Å². The fourth-order valence-corrected chi connectivity index (χ4v) is 2.56. The number of hydrogen-bond donors (Lipinski definition) is 2. The van der Waals surface area contributed by atoms with Crippen LogP contribution in [0.15, 0.2) is 24.3 Å². The average molecular weight is 290 g/mol. The number of rotatable bonds is 4. The number of nitrogens with zero attached hydrogens (tertiary/aromatic N) is 2. The molecule has 1 heterocycles. The van der Waals surface area contributed by atoms with Gasteiger partial charge in [-0.05, 0) is 37.6 Å². The van der Waals surface area contributed by atoms with E-state index in [1.54, 1.807) is 0 Å². The van der Waals surface area contributed by atoms with E-state index >= 15 is 0 Å². The van der Waals surface area contributed by atoms with E-state index in [4.69, 9.17) is 5.73 Å². The van der Waals surface area contributed by atoms with E-state index in [-0.39, 0.29) is 12.1 Å². The molecule has 5 nitrogen and oxygen atoms in total. The minimum Gasteiger partial charge on any atom is -0.324 e. The Labute approximate surface area is 127 Å². The molecule has 116 valence electrons. The summed E-state index contributed by atoms with van der Waals surface area (Å²) in [7, 11) is 0. The Bertz CT molecular complexity index is 450. The Morgan fingerprint density at radius 1 is 1.24 bits per heavy atom. The number of nitrogens with two attached hydrogens (primary N) is 1. The summed E-state index contributed by atoms with van der Waals surface area (Å²) in [4.78, 5) is 16.5. The second-order valence-corrected chi connectivity index (χ2v) is 5.67. The molecule has 1 saturated heterocycles. The summed E-state index contributed by atoms with van der Waals surface area (Å²) in [5, 5.41) is 2.95. The predicted molar refractivity (Wildman–Crippen MR) is 86.4 cm³/mol. The van der Waals surface area contributed by atoms with Crippen LogP contribution in [0.1, 0.15) is 31.9 Å². The smallest absolute Gasteiger partial charge is 0.321 e. The number of piperazine rings is 1. The highest BCUT2D eigenvalue weighted by Crippen LogP contribution is 2.15. The molecule has 0 saturated carbocycles. The SMILES string of the molecule is CCCN1CCN(C(=O)Nc2ccc(C(C)N)cc2)CC1. The zero-order valence-corrected chi connectivity index (χ0v) is 13.0. The lowest BCUT2D eigenvalue weighted by atomic mass is 10.1. The van der Waals surface area contributed by atoms with Gasteiger partial charge in [0, 0.05) is 37.9 Å². The molecule has 0 aromatic heterocycles. The van der Waals surface area contributed by atoms with Crippen molar-refractivity contribution in [3.05, 3.63) is 29.8 Å². The van der Waals surface area contributed by atoms with Gasteiger partial charge in [-0.1, -0.05) is 19.1 Å². The molecule has 0 aliphatic carbocycles. The van der Waals surface area contributed by atoms with E-state index in [9.17, 15) is 4.79 Å². The van der Waals surface area contributed by atoms with Crippen molar-refractivity contribution in [3.63, 3.8) is 0 Å². The molecular formula is C16H26N4O. The number of anilines is 1. The third kappa shape index (κ3) is 4.44. The van der Waals surface area contributed by atoms with Crippen molar-refractivity contribution in [1.82, 2.24) is 9.80 Å². The summed E-state index contributed by atoms with van der Waals surface area (Å²) in [6.07, 6.45) is 1.16. The van der Waals surface area contributed by atoms with Crippen molar-refractivity contribution >= 4 is 11.7 Å². The Morgan fingerprint density at radius 2 is 1.86 bits per heavy atom. The van der Waals surface area contributed by atoms with Gasteiger partial charge in [0.2, 0.25) is 0 Å². The molecule has 1 unspecified atom stereocenters. The standard InChI is InChI=1S/C16H26N4O/c1-3-8-19-9-11-20(12-10-19)16(21)18-15-6-4-14(5-7-15)13(2)17/h4-7,13H,3,8-12,17H2,1-2H3,(H,18,21). The Morgan fingerprint density at radius 3 is 2.38 bits per heavy atom. The molecule has 3 N–H and O–H groups in total. The van der Waals surface area contributed by atoms with Gasteiger partial charge in [0.05, 0.1) is 0 Å². The fraction of sp³-hybridized carbons (Fsp3) is 0.562. The van der Waals surface area contributed by atoms with Crippen molar-refractivity contribution in [2.75, 3.05) is 38.0 Å². The van der Waals surface area contributed by atoms with Gasteiger partial charge < -0.3 is 16.0 Å². The minimum atomic E-state index is -0.0142. The van der Waals surface area contributed by atoms with Crippen molar-refractivity contribution in [2.45, 2.75) is 26.3 Å². The van der Waals surface area contributed by atoms with E-state index in [1.165, 1.54) is 0 Å². The summed E-state index contributed by atoms with van der Waals surface area (Å²) >= 11 is 0. The lowest BCUT2D eigenvalue weighted by Gasteiger charge is -2.34. The quantitative estimate of drug-likeness (QED) is 0.894. The Hall–Kier alpha value is -1.59. The summed E-state index contributed by atoms with van der Waals surface area (Å²) in [5.74, 6) is 0. The number of carbonyl (C=O) groups is 1. The number of nitrogens with one attached hydrogen (secondary N) is 1. The van der Waals surface area contributed by atoms with E-state index in [2.05, 4.69) is 17.1 Å². The average Bonchev–Trinajstić information content (AvgIpc) is 2.49. The van der Waals surface area contributed by atoms with Gasteiger partial charge in [0.15, 0.2) is 0 Å². The molecule has 2 rings (SSSR count). The molecule has 21 heavy (non-hydrogen) atoms. The number of carbonyl (C=O) groups excluding carboxylic acids is 1. The molecule has 0 radical (unpaired) electrons. The fourth-order valence-electron chi connectivity index (χ4n) is 2.56. The highest BCUT2D eigenvalue weighted by Gasteiger charge is 2.20. The van der Waals surface area contributed by atoms with Gasteiger partial charge >= 0.3 is 6.03 Å². The topological polar surface area (TPSA) is 61.6 Å². The van der Waals surface area contributed by atoms with Crippen molar-refractivity contribution in [2.24, 2.45) is 5.73 Å². The monoisotopic (exact) mass is 290 g/mol. The van der Waals surface area contributed by atoms with Crippen LogP contribution in [-0.2, 0) is 0 Å². The molecule has 1 aliphatic rings. The normalized spacial score (nSPS) is 17.6. The molecule has 0 spiro atoms. The second-order valence-electron chi connectivity index (χ2n) is 5.67. The first-order chi connectivity index (χ1) is 10.1. The predicted octanol–water partition coefficient (Wildman–Crippen LogP) is 2.27. The highest BCUT2D eigenvalue weighted by molar-refractivity contribution is 5.89. The Kier molecular flexibility index (Phi) is 5.59. The van der Waals surface area contributed by atoms with Gasteiger partial charge in [0.25, 0.3) is 0 Å². The van der Waals surface area contributed by atoms with E-state index in [0.29, 0.717) is 0 Å². The first kappa shape index (κ1) is 15.8. The van der Waals surface area contributed by atoms with Crippen molar-refractivity contribution in [1.29, 1.82) is 0 Å². The minimum absolute atomic E-state index is 0.0142. The van der Waals surface area contributed by atoms with Gasteiger partial charge in [-0.25, -0.2) is 4.79 Å². The van der Waals surface area contributed by atoms with Crippen LogP contribution in [0.5, 0.6) is 0 Å². The van der Waals surface area contributed by atoms with Crippen LogP contribution in [0, 0.1) is 0 Å². The number of amides is 2. The zero-order valence-electron chi connectivity index (χ0n) is 13.0. The number of urea groups is 1. The van der Waals surface area contributed by atoms with E-state index in [0.717, 1.165) is 50.4 Å². The lowest BCUT2D eigenvalue weighted by Crippen LogP contribution is -2.50. The van der Waals surface area contributed by atoms with Crippen molar-refractivity contribution < 1.29 is 4.79 Å². The third-order valence-corrected chi connectivity index (χ3v) is 3.89. The highest BCUT2D eigenvalue weighted by atomic mass is 16.2. The maximum Gasteiger partial charge on any atom is 0.321 e. The summed E-state index contributed by atoms with van der Waals surface area (Å²) in [5.41, 5.74) is 7.71. The maximum atomic E-state index is 12.2. The number of benzene rings is 1. The van der Waals surface area contributed by atoms with Crippen molar-refractivity contribution in [3.8, 4) is 0 Å². The van der Waals surface area contributed by atoms with Gasteiger partial charge in [-0.15, -0.1) is 0 Å². The molecule has 1 aromatic carbocycles. The Balaban J connectivity index is 1.84. The van der Waals surface area contributed by atoms with Gasteiger partial charge in [-0.2, -0.15) is 0 Å². The largest absolute Gasteiger partial charge is 0.324 e. The van der Waals surface area contributed by atoms with Gasteiger partial charge in [-0.3, -0.25) is 4.90 Å². The number of hydrogen-bond acceptors (Lipinski definition) is 3. The van der Waals surface area contributed by atoms with Crippen LogP contribution in [-0.4, -0.2) is 48.6 Å². The second kappa shape index (κ2) is 7.43. The van der Waals surface area contributed by atoms with Crippen LogP contribution in [0.25, 0.3) is 0 Å². The first-order valence-corrected chi connectivity index (χ1v) is 7.74.